The molecule has 65 heavy (non-hydrogen) atoms. The Morgan fingerprint density at radius 1 is 0.646 bits per heavy atom. The summed E-state index contributed by atoms with van der Waals surface area (Å²) in [4.78, 5) is 26.5. The van der Waals surface area contributed by atoms with Crippen molar-refractivity contribution in [3.8, 4) is 11.5 Å². The van der Waals surface area contributed by atoms with Crippen molar-refractivity contribution in [2.75, 3.05) is 57.3 Å². The topological polar surface area (TPSA) is 171 Å². The molecule has 0 atom stereocenters. The molecule has 6 aromatic rings. The van der Waals surface area contributed by atoms with E-state index < -0.39 is 29.7 Å². The molecule has 0 unspecified atom stereocenters. The van der Waals surface area contributed by atoms with E-state index in [1.165, 1.54) is 25.3 Å². The molecule has 346 valence electrons. The first-order chi connectivity index (χ1) is 30.0. The molecular formula is C45H49F6N4NaO9. The molecule has 0 saturated heterocycles. The van der Waals surface area contributed by atoms with Crippen molar-refractivity contribution in [2.24, 2.45) is 0 Å². The number of methoxy groups -OCH3 is 1. The smallest absolute Gasteiger partial charge is 0.870 e. The van der Waals surface area contributed by atoms with Crippen LogP contribution in [0.3, 0.4) is 0 Å². The van der Waals surface area contributed by atoms with Crippen LogP contribution >= 0.6 is 0 Å². The zero-order valence-electron chi connectivity index (χ0n) is 36.8. The van der Waals surface area contributed by atoms with Gasteiger partial charge in [0.1, 0.15) is 11.5 Å². The maximum atomic E-state index is 13.1. The minimum atomic E-state index is -4.58. The summed E-state index contributed by atoms with van der Waals surface area (Å²) >= 11 is 0. The van der Waals surface area contributed by atoms with Gasteiger partial charge in [-0.25, -0.2) is 9.59 Å². The zero-order chi connectivity index (χ0) is 45.9. The second kappa shape index (κ2) is 24.1. The van der Waals surface area contributed by atoms with E-state index in [0.717, 1.165) is 17.8 Å². The summed E-state index contributed by atoms with van der Waals surface area (Å²) < 4.78 is 105. The molecule has 0 amide bonds. The number of carboxylic acid groups (broad SMARTS) is 1. The van der Waals surface area contributed by atoms with Gasteiger partial charge in [-0.15, -0.1) is 0 Å². The van der Waals surface area contributed by atoms with Gasteiger partial charge in [0.15, 0.2) is 22.6 Å². The van der Waals surface area contributed by atoms with Crippen molar-refractivity contribution >= 4 is 45.3 Å². The number of hydrogen-bond donors (Lipinski definition) is 1. The Hall–Kier alpha value is -5.50. The second-order valence-electron chi connectivity index (χ2n) is 14.5. The van der Waals surface area contributed by atoms with E-state index in [2.05, 4.69) is 10.3 Å². The molecule has 0 bridgehead atoms. The molecule has 4 aromatic carbocycles. The van der Waals surface area contributed by atoms with Crippen molar-refractivity contribution in [1.29, 1.82) is 0 Å². The number of carbonyl (C=O) groups is 2. The molecule has 2 aromatic heterocycles. The molecule has 0 fully saturated rings. The van der Waals surface area contributed by atoms with Crippen LogP contribution in [0.2, 0.25) is 0 Å². The molecule has 2 N–H and O–H groups in total. The minimum Gasteiger partial charge on any atom is -0.870 e. The molecule has 0 spiro atoms. The van der Waals surface area contributed by atoms with Crippen LogP contribution in [-0.4, -0.2) is 80.3 Å². The number of anilines is 2. The van der Waals surface area contributed by atoms with Gasteiger partial charge in [-0.2, -0.15) is 26.3 Å². The van der Waals surface area contributed by atoms with Crippen molar-refractivity contribution in [3.63, 3.8) is 0 Å². The summed E-state index contributed by atoms with van der Waals surface area (Å²) in [7, 11) is 5.15. The molecule has 0 aliphatic rings. The van der Waals surface area contributed by atoms with Crippen LogP contribution in [0.15, 0.2) is 81.8 Å². The third-order valence-corrected chi connectivity index (χ3v) is 10.0. The Labute approximate surface area is 393 Å². The number of aromatic carboxylic acids is 1. The number of nitrogens with zero attached hydrogens (tertiary/aromatic N) is 4. The van der Waals surface area contributed by atoms with Crippen LogP contribution in [0.1, 0.15) is 82.8 Å². The number of carbonyl (C=O) groups excluding carboxylic acids is 1. The molecule has 2 heterocycles. The number of halogens is 6. The molecule has 0 saturated carbocycles. The van der Waals surface area contributed by atoms with Gasteiger partial charge >= 0.3 is 53.8 Å². The maximum Gasteiger partial charge on any atom is 1.00 e. The van der Waals surface area contributed by atoms with E-state index in [9.17, 15) is 35.9 Å². The third kappa shape index (κ3) is 13.8. The Balaban J connectivity index is 0.000000335. The Morgan fingerprint density at radius 2 is 1.03 bits per heavy atom. The van der Waals surface area contributed by atoms with E-state index >= 15 is 0 Å². The van der Waals surface area contributed by atoms with E-state index in [1.54, 1.807) is 42.5 Å². The van der Waals surface area contributed by atoms with Gasteiger partial charge in [0.05, 0.1) is 42.2 Å². The summed E-state index contributed by atoms with van der Waals surface area (Å²) in [6.07, 6.45) is -5.34. The van der Waals surface area contributed by atoms with E-state index in [1.807, 2.05) is 49.9 Å². The van der Waals surface area contributed by atoms with Gasteiger partial charge in [-0.1, -0.05) is 37.0 Å². The summed E-state index contributed by atoms with van der Waals surface area (Å²) in [5.74, 6) is -0.361. The van der Waals surface area contributed by atoms with Gasteiger partial charge < -0.3 is 43.6 Å². The Morgan fingerprint density at radius 3 is 1.37 bits per heavy atom. The van der Waals surface area contributed by atoms with Crippen LogP contribution in [0.5, 0.6) is 11.5 Å². The predicted molar refractivity (Wildman–Crippen MR) is 226 cm³/mol. The maximum absolute atomic E-state index is 13.1. The molecular weight excluding hydrogens is 877 g/mol. The normalized spacial score (nSPS) is 11.2. The van der Waals surface area contributed by atoms with Crippen LogP contribution in [0.25, 0.3) is 21.9 Å². The molecule has 0 aliphatic heterocycles. The first-order valence-corrected chi connectivity index (χ1v) is 20.1. The molecule has 20 heteroatoms. The average molecular weight is 927 g/mol. The molecule has 6 rings (SSSR count). The standard InChI is InChI=1S/C23H25F3N2O4.C22H23F3N2O4.Na.H2O/c1-4-6-17-19(12-11-18-20(17)32-27-21(18)23(24,25)26)31-14-5-13-28(2)16-9-7-15(8-10-16)22(29)30-3;1-3-5-16-18(11-10-17-19(16)31-26-20(17)22(23,24)25)30-13-4-12-27(2)15-8-6-14(7-9-15)21(28)29;;/h7-12H,4-6,13-14H2,1-3H3;6-11H,3-5,12-13H2,1-2H3,(H,28,29);;1H2/q;;+1;/p-1. The fourth-order valence-electron chi connectivity index (χ4n) is 6.79. The van der Waals surface area contributed by atoms with Gasteiger partial charge in [0.2, 0.25) is 0 Å². The first kappa shape index (κ1) is 53.8. The number of aromatic nitrogens is 2. The van der Waals surface area contributed by atoms with Crippen molar-refractivity contribution in [1.82, 2.24) is 10.3 Å². The quantitative estimate of drug-likeness (QED) is 0.0385. The second-order valence-corrected chi connectivity index (χ2v) is 14.5. The molecule has 13 nitrogen and oxygen atoms in total. The zero-order valence-corrected chi connectivity index (χ0v) is 38.8. The summed E-state index contributed by atoms with van der Waals surface area (Å²) in [5.41, 5.74) is 1.89. The van der Waals surface area contributed by atoms with Gasteiger partial charge in [-0.05, 0) is 98.5 Å². The van der Waals surface area contributed by atoms with E-state index in [0.29, 0.717) is 86.6 Å². The number of fused-ring (bicyclic) bond motifs is 2. The number of hydrogen-bond acceptors (Lipinski definition) is 12. The molecule has 0 aliphatic carbocycles. The third-order valence-electron chi connectivity index (χ3n) is 10.0. The van der Waals surface area contributed by atoms with Crippen molar-refractivity contribution in [2.45, 2.75) is 64.7 Å². The number of benzene rings is 4. The monoisotopic (exact) mass is 926 g/mol. The van der Waals surface area contributed by atoms with Gasteiger partial charge in [0.25, 0.3) is 0 Å². The van der Waals surface area contributed by atoms with Crippen molar-refractivity contribution in [3.05, 3.63) is 106 Å². The minimum absolute atomic E-state index is 0. The Bertz CT molecular complexity index is 2460. The summed E-state index contributed by atoms with van der Waals surface area (Å²) in [6, 6.07) is 19.4. The van der Waals surface area contributed by atoms with Crippen molar-refractivity contribution < 1.29 is 99.3 Å². The molecule has 0 radical (unpaired) electrons. The number of aryl methyl sites for hydroxylation is 2. The van der Waals surface area contributed by atoms with Crippen LogP contribution in [0.4, 0.5) is 37.7 Å². The fourth-order valence-corrected chi connectivity index (χ4v) is 6.79. The number of esters is 1. The number of rotatable bonds is 18. The number of alkyl halides is 6. The van der Waals surface area contributed by atoms with E-state index in [-0.39, 0.29) is 68.5 Å². The average Bonchev–Trinajstić information content (AvgIpc) is 3.91. The van der Waals surface area contributed by atoms with Gasteiger partial charge in [0, 0.05) is 49.7 Å². The Kier molecular flexibility index (Phi) is 20.0. The van der Waals surface area contributed by atoms with Gasteiger partial charge in [-0.3, -0.25) is 0 Å². The van der Waals surface area contributed by atoms with E-state index in [4.69, 9.17) is 28.4 Å². The summed E-state index contributed by atoms with van der Waals surface area (Å²) in [6.45, 7) is 5.94. The SMILES string of the molecule is CCCc1c(OCCCN(C)c2ccc(C(=O)O)cc2)ccc2c(C(F)(F)F)noc12.CCCc1c(OCCCN(C)c2ccc(C(=O)OC)cc2)ccc2c(C(F)(F)F)noc12.[Na+].[OH-]. The first-order valence-electron chi connectivity index (χ1n) is 20.1. The van der Waals surface area contributed by atoms with Crippen LogP contribution in [0, 0.1) is 0 Å². The summed E-state index contributed by atoms with van der Waals surface area (Å²) in [5, 5.41) is 15.3. The van der Waals surface area contributed by atoms with Crippen LogP contribution in [-0.2, 0) is 29.9 Å². The largest absolute Gasteiger partial charge is 1.00 e. The van der Waals surface area contributed by atoms with Crippen LogP contribution < -0.4 is 48.8 Å². The fraction of sp³-hybridized carbons (Fsp3) is 0.378. The number of carboxylic acids is 1. The number of ether oxygens (including phenoxy) is 3. The predicted octanol–water partition coefficient (Wildman–Crippen LogP) is 7.72.